The third kappa shape index (κ3) is 11.6. The summed E-state index contributed by atoms with van der Waals surface area (Å²) < 4.78 is 105. The molecule has 0 aliphatic carbocycles. The zero-order chi connectivity index (χ0) is 42.7. The average Bonchev–Trinajstić information content (AvgIpc) is 3.57. The number of amides is 1. The maximum Gasteiger partial charge on any atom is 0.573 e. The Kier molecular flexibility index (Phi) is 14.1. The molecule has 4 aromatic rings. The molecule has 322 valence electrons. The summed E-state index contributed by atoms with van der Waals surface area (Å²) in [4.78, 5) is 20.8. The van der Waals surface area contributed by atoms with Crippen molar-refractivity contribution in [1.82, 2.24) is 9.80 Å². The number of nitrogens with zero attached hydrogens (tertiary/aromatic N) is 4. The van der Waals surface area contributed by atoms with Crippen LogP contribution in [-0.4, -0.2) is 122 Å². The minimum Gasteiger partial charge on any atom is -0.491 e. The second-order valence-corrected chi connectivity index (χ2v) is 18.8. The highest BCUT2D eigenvalue weighted by molar-refractivity contribution is 7.92. The van der Waals surface area contributed by atoms with Crippen LogP contribution in [0.4, 0.5) is 28.9 Å². The van der Waals surface area contributed by atoms with Crippen LogP contribution in [0.3, 0.4) is 0 Å². The number of fused-ring (bicyclic) bond motifs is 1. The van der Waals surface area contributed by atoms with Crippen molar-refractivity contribution in [2.75, 3.05) is 94.2 Å². The van der Waals surface area contributed by atoms with Gasteiger partial charge in [0.1, 0.15) is 17.3 Å². The van der Waals surface area contributed by atoms with Crippen LogP contribution in [-0.2, 0) is 24.9 Å². The van der Waals surface area contributed by atoms with Crippen molar-refractivity contribution < 1.29 is 49.7 Å². The van der Waals surface area contributed by atoms with Gasteiger partial charge < -0.3 is 23.8 Å². The lowest BCUT2D eigenvalue weighted by molar-refractivity contribution is -0.274. The molecule has 2 aliphatic rings. The smallest absolute Gasteiger partial charge is 0.491 e. The van der Waals surface area contributed by atoms with Gasteiger partial charge in [-0.2, -0.15) is 0 Å². The number of carbonyl (C=O) groups is 1. The van der Waals surface area contributed by atoms with Crippen molar-refractivity contribution >= 4 is 60.3 Å². The van der Waals surface area contributed by atoms with Gasteiger partial charge in [0.2, 0.25) is 10.0 Å². The zero-order valence-corrected chi connectivity index (χ0v) is 36.0. The molecule has 0 radical (unpaired) electrons. The molecule has 59 heavy (non-hydrogen) atoms. The fraction of sp³-hybridized carbons (Fsp3) is 0.488. The SMILES string of the molecule is CC(C)Oc1cc(OC(F)(F)F)cc(C(C)(C)c2cc(Cl)cc(N(CCN3CCOCC3)C(=O)c3cc4cc(N(CCN5CCOCC5)S(C)(=O)=O)c(F)cc4s3)c2)c1. The molecule has 6 rings (SSSR count). The van der Waals surface area contributed by atoms with Gasteiger partial charge in [0.05, 0.1) is 49.4 Å². The fourth-order valence-electron chi connectivity index (χ4n) is 7.14. The summed E-state index contributed by atoms with van der Waals surface area (Å²) in [6.07, 6.45) is -4.22. The first-order chi connectivity index (χ1) is 27.8. The highest BCUT2D eigenvalue weighted by Crippen LogP contribution is 2.41. The van der Waals surface area contributed by atoms with E-state index in [1.807, 2.05) is 13.8 Å². The number of sulfonamides is 1. The van der Waals surface area contributed by atoms with Crippen molar-refractivity contribution in [3.8, 4) is 11.5 Å². The molecule has 1 aromatic heterocycles. The number of ether oxygens (including phenoxy) is 4. The number of thiophene rings is 1. The first kappa shape index (κ1) is 44.8. The molecular formula is C41H49ClF4N4O7S2. The van der Waals surface area contributed by atoms with Gasteiger partial charge in [-0.3, -0.25) is 18.9 Å². The molecule has 0 saturated carbocycles. The molecule has 3 aromatic carbocycles. The predicted molar refractivity (Wildman–Crippen MR) is 223 cm³/mol. The lowest BCUT2D eigenvalue weighted by atomic mass is 9.77. The topological polar surface area (TPSA) is 101 Å². The third-order valence-corrected chi connectivity index (χ3v) is 12.8. The minimum absolute atomic E-state index is 0.0334. The van der Waals surface area contributed by atoms with Crippen LogP contribution in [0.1, 0.15) is 48.5 Å². The monoisotopic (exact) mass is 884 g/mol. The van der Waals surface area contributed by atoms with Gasteiger partial charge in [-0.15, -0.1) is 24.5 Å². The van der Waals surface area contributed by atoms with Gasteiger partial charge in [-0.05, 0) is 78.9 Å². The average molecular weight is 885 g/mol. The maximum atomic E-state index is 15.8. The highest BCUT2D eigenvalue weighted by Gasteiger charge is 2.34. The first-order valence-electron chi connectivity index (χ1n) is 19.3. The van der Waals surface area contributed by atoms with Crippen molar-refractivity contribution in [1.29, 1.82) is 0 Å². The number of rotatable bonds is 15. The predicted octanol–water partition coefficient (Wildman–Crippen LogP) is 7.78. The van der Waals surface area contributed by atoms with E-state index in [4.69, 9.17) is 25.8 Å². The molecule has 2 fully saturated rings. The van der Waals surface area contributed by atoms with Crippen LogP contribution in [0.25, 0.3) is 10.1 Å². The molecule has 1 amide bonds. The summed E-state index contributed by atoms with van der Waals surface area (Å²) in [6.45, 7) is 13.1. The molecule has 3 heterocycles. The van der Waals surface area contributed by atoms with Crippen LogP contribution >= 0.6 is 22.9 Å². The van der Waals surface area contributed by atoms with E-state index in [1.165, 1.54) is 24.3 Å². The van der Waals surface area contributed by atoms with Crippen LogP contribution in [0.5, 0.6) is 11.5 Å². The molecule has 0 spiro atoms. The van der Waals surface area contributed by atoms with E-state index in [2.05, 4.69) is 14.5 Å². The maximum absolute atomic E-state index is 15.8. The van der Waals surface area contributed by atoms with Gasteiger partial charge in [0.25, 0.3) is 5.91 Å². The van der Waals surface area contributed by atoms with Crippen LogP contribution in [0.2, 0.25) is 5.02 Å². The molecule has 2 aliphatic heterocycles. The Bertz CT molecular complexity index is 2230. The lowest BCUT2D eigenvalue weighted by Crippen LogP contribution is -2.43. The Morgan fingerprint density at radius 3 is 2.05 bits per heavy atom. The molecule has 0 bridgehead atoms. The summed E-state index contributed by atoms with van der Waals surface area (Å²) in [5.41, 5.74) is 0.408. The summed E-state index contributed by atoms with van der Waals surface area (Å²) in [5, 5.41) is 0.785. The fourth-order valence-corrected chi connectivity index (χ4v) is 9.30. The van der Waals surface area contributed by atoms with Gasteiger partial charge >= 0.3 is 6.36 Å². The second-order valence-electron chi connectivity index (χ2n) is 15.4. The minimum atomic E-state index is -4.93. The molecule has 11 nitrogen and oxygen atoms in total. The Hall–Kier alpha value is -3.71. The van der Waals surface area contributed by atoms with Crippen molar-refractivity contribution in [3.05, 3.63) is 81.4 Å². The van der Waals surface area contributed by atoms with Crippen molar-refractivity contribution in [2.45, 2.75) is 45.6 Å². The highest BCUT2D eigenvalue weighted by atomic mass is 35.5. The number of benzene rings is 3. The Labute approximate surface area is 351 Å². The van der Waals surface area contributed by atoms with Crippen LogP contribution < -0.4 is 18.7 Å². The molecule has 2 saturated heterocycles. The number of hydrogen-bond acceptors (Lipinski definition) is 10. The number of alkyl halides is 3. The van der Waals surface area contributed by atoms with Crippen LogP contribution in [0.15, 0.2) is 54.6 Å². The van der Waals surface area contributed by atoms with Gasteiger partial charge in [-0.1, -0.05) is 25.4 Å². The number of morpholine rings is 2. The van der Waals surface area contributed by atoms with Crippen LogP contribution in [0, 0.1) is 5.82 Å². The van der Waals surface area contributed by atoms with E-state index in [-0.39, 0.29) is 40.5 Å². The van der Waals surface area contributed by atoms with Gasteiger partial charge in [0, 0.05) is 79.2 Å². The van der Waals surface area contributed by atoms with Gasteiger partial charge in [-0.25, -0.2) is 12.8 Å². The largest absolute Gasteiger partial charge is 0.573 e. The van der Waals surface area contributed by atoms with Crippen molar-refractivity contribution in [2.24, 2.45) is 0 Å². The Balaban J connectivity index is 1.36. The molecule has 18 heteroatoms. The summed E-state index contributed by atoms with van der Waals surface area (Å²) in [5.74, 6) is -1.38. The molecule has 0 N–H and O–H groups in total. The number of anilines is 2. The Morgan fingerprint density at radius 1 is 0.864 bits per heavy atom. The lowest BCUT2D eigenvalue weighted by Gasteiger charge is -2.32. The standard InChI is InChI=1S/C41H49ClF4N4O7S2/c1-27(2)56-33-22-30(23-34(25-33)57-41(44,45)46)40(3,4)29-20-31(42)24-32(21-29)49(8-6-47-10-14-54-15-11-47)39(51)38-19-28-18-36(35(43)26-37(28)58-38)50(59(5,52)53)9-7-48-12-16-55-17-13-48/h18-27H,6-17H2,1-5H3. The number of carbonyl (C=O) groups excluding carboxylic acids is 1. The number of hydrogen-bond donors (Lipinski definition) is 0. The zero-order valence-electron chi connectivity index (χ0n) is 33.6. The van der Waals surface area contributed by atoms with E-state index in [0.29, 0.717) is 92.6 Å². The van der Waals surface area contributed by atoms with E-state index in [0.717, 1.165) is 21.9 Å². The molecular weight excluding hydrogens is 836 g/mol. The summed E-state index contributed by atoms with van der Waals surface area (Å²) in [6, 6.07) is 13.6. The normalized spacial score (nSPS) is 16.1. The quantitative estimate of drug-likeness (QED) is 0.111. The first-order valence-corrected chi connectivity index (χ1v) is 22.3. The summed E-state index contributed by atoms with van der Waals surface area (Å²) in [7, 11) is -3.87. The van der Waals surface area contributed by atoms with E-state index < -0.39 is 39.3 Å². The van der Waals surface area contributed by atoms with Gasteiger partial charge in [0.15, 0.2) is 0 Å². The molecule has 0 unspecified atom stereocenters. The van der Waals surface area contributed by atoms with E-state index in [9.17, 15) is 26.4 Å². The van der Waals surface area contributed by atoms with Crippen molar-refractivity contribution in [3.63, 3.8) is 0 Å². The third-order valence-electron chi connectivity index (χ3n) is 10.3. The molecule has 0 atom stereocenters. The summed E-state index contributed by atoms with van der Waals surface area (Å²) >= 11 is 7.86. The van der Waals surface area contributed by atoms with E-state index in [1.54, 1.807) is 49.1 Å². The Morgan fingerprint density at radius 2 is 1.46 bits per heavy atom. The second kappa shape index (κ2) is 18.5. The number of halogens is 5. The van der Waals surface area contributed by atoms with E-state index >= 15 is 4.39 Å².